The first-order valence-corrected chi connectivity index (χ1v) is 4.25. The lowest BCUT2D eigenvalue weighted by Crippen LogP contribution is -2.25. The SMILES string of the molecule is CC(NN)c1ccc(Br)cc1. The van der Waals surface area contributed by atoms with Crippen LogP contribution in [0.2, 0.25) is 0 Å². The monoisotopic (exact) mass is 214 g/mol. The summed E-state index contributed by atoms with van der Waals surface area (Å²) >= 11 is 3.36. The summed E-state index contributed by atoms with van der Waals surface area (Å²) in [7, 11) is 0. The van der Waals surface area contributed by atoms with Crippen LogP contribution >= 0.6 is 15.9 Å². The van der Waals surface area contributed by atoms with Gasteiger partial charge in [0.05, 0.1) is 0 Å². The molecule has 0 aromatic heterocycles. The maximum atomic E-state index is 5.28. The molecule has 0 fully saturated rings. The van der Waals surface area contributed by atoms with Gasteiger partial charge in [-0.3, -0.25) is 11.3 Å². The lowest BCUT2D eigenvalue weighted by molar-refractivity contribution is 0.602. The Morgan fingerprint density at radius 3 is 2.36 bits per heavy atom. The number of benzene rings is 1. The van der Waals surface area contributed by atoms with E-state index in [2.05, 4.69) is 21.4 Å². The maximum Gasteiger partial charge on any atom is 0.0431 e. The van der Waals surface area contributed by atoms with Crippen molar-refractivity contribution in [3.8, 4) is 0 Å². The van der Waals surface area contributed by atoms with Gasteiger partial charge in [-0.25, -0.2) is 0 Å². The van der Waals surface area contributed by atoms with E-state index in [1.165, 1.54) is 5.56 Å². The van der Waals surface area contributed by atoms with E-state index in [1.54, 1.807) is 0 Å². The molecule has 1 aromatic rings. The van der Waals surface area contributed by atoms with Crippen molar-refractivity contribution < 1.29 is 0 Å². The fourth-order valence-corrected chi connectivity index (χ4v) is 1.11. The van der Waals surface area contributed by atoms with E-state index in [9.17, 15) is 0 Å². The summed E-state index contributed by atoms with van der Waals surface area (Å²) in [5, 5.41) is 0. The Kier molecular flexibility index (Phi) is 3.05. The molecule has 1 aromatic carbocycles. The summed E-state index contributed by atoms with van der Waals surface area (Å²) in [5.41, 5.74) is 3.88. The van der Waals surface area contributed by atoms with Crippen molar-refractivity contribution in [1.82, 2.24) is 5.43 Å². The third-order valence-electron chi connectivity index (χ3n) is 1.62. The van der Waals surface area contributed by atoms with E-state index in [-0.39, 0.29) is 6.04 Å². The van der Waals surface area contributed by atoms with Gasteiger partial charge in [0.2, 0.25) is 0 Å². The Morgan fingerprint density at radius 1 is 1.36 bits per heavy atom. The quantitative estimate of drug-likeness (QED) is 0.584. The fourth-order valence-electron chi connectivity index (χ4n) is 0.848. The normalized spacial score (nSPS) is 13.0. The van der Waals surface area contributed by atoms with Crippen LogP contribution in [-0.4, -0.2) is 0 Å². The minimum absolute atomic E-state index is 0.211. The molecule has 1 atom stereocenters. The Morgan fingerprint density at radius 2 is 1.91 bits per heavy atom. The molecule has 3 N–H and O–H groups in total. The van der Waals surface area contributed by atoms with Crippen LogP contribution in [0.15, 0.2) is 28.7 Å². The highest BCUT2D eigenvalue weighted by Crippen LogP contribution is 2.15. The number of halogens is 1. The van der Waals surface area contributed by atoms with Crippen molar-refractivity contribution in [3.05, 3.63) is 34.3 Å². The molecule has 3 heteroatoms. The van der Waals surface area contributed by atoms with Crippen LogP contribution in [-0.2, 0) is 0 Å². The molecule has 1 rings (SSSR count). The van der Waals surface area contributed by atoms with Gasteiger partial charge in [-0.15, -0.1) is 0 Å². The lowest BCUT2D eigenvalue weighted by Gasteiger charge is -2.09. The third-order valence-corrected chi connectivity index (χ3v) is 2.15. The number of hydrogen-bond acceptors (Lipinski definition) is 2. The van der Waals surface area contributed by atoms with Gasteiger partial charge in [0.25, 0.3) is 0 Å². The Balaban J connectivity index is 2.81. The number of rotatable bonds is 2. The predicted molar refractivity (Wildman–Crippen MR) is 49.9 cm³/mol. The smallest absolute Gasteiger partial charge is 0.0431 e. The van der Waals surface area contributed by atoms with E-state index in [0.29, 0.717) is 0 Å². The van der Waals surface area contributed by atoms with E-state index in [1.807, 2.05) is 31.2 Å². The minimum Gasteiger partial charge on any atom is -0.271 e. The van der Waals surface area contributed by atoms with Gasteiger partial charge < -0.3 is 0 Å². The fraction of sp³-hybridized carbons (Fsp3) is 0.250. The third kappa shape index (κ3) is 2.29. The second-order valence-electron chi connectivity index (χ2n) is 2.44. The molecule has 0 saturated heterocycles. The van der Waals surface area contributed by atoms with Gasteiger partial charge in [-0.2, -0.15) is 0 Å². The molecule has 2 nitrogen and oxygen atoms in total. The molecular weight excluding hydrogens is 204 g/mol. The molecular formula is C8H11BrN2. The van der Waals surface area contributed by atoms with Crippen molar-refractivity contribution in [2.24, 2.45) is 5.84 Å². The van der Waals surface area contributed by atoms with Crippen molar-refractivity contribution in [1.29, 1.82) is 0 Å². The number of hydrogen-bond donors (Lipinski definition) is 2. The first-order valence-electron chi connectivity index (χ1n) is 3.45. The lowest BCUT2D eigenvalue weighted by atomic mass is 10.1. The van der Waals surface area contributed by atoms with Gasteiger partial charge in [0.1, 0.15) is 0 Å². The van der Waals surface area contributed by atoms with Crippen LogP contribution in [0.5, 0.6) is 0 Å². The number of hydrazine groups is 1. The first-order chi connectivity index (χ1) is 5.24. The van der Waals surface area contributed by atoms with Crippen molar-refractivity contribution in [3.63, 3.8) is 0 Å². The van der Waals surface area contributed by atoms with Gasteiger partial charge in [0.15, 0.2) is 0 Å². The predicted octanol–water partition coefficient (Wildman–Crippen LogP) is 1.97. The summed E-state index contributed by atoms with van der Waals surface area (Å²) < 4.78 is 1.09. The van der Waals surface area contributed by atoms with Crippen LogP contribution in [0, 0.1) is 0 Å². The molecule has 0 aliphatic carbocycles. The number of nitrogens with two attached hydrogens (primary N) is 1. The molecule has 0 saturated carbocycles. The van der Waals surface area contributed by atoms with Crippen molar-refractivity contribution in [2.75, 3.05) is 0 Å². The van der Waals surface area contributed by atoms with Crippen molar-refractivity contribution >= 4 is 15.9 Å². The Bertz CT molecular complexity index is 220. The highest BCUT2D eigenvalue weighted by molar-refractivity contribution is 9.10. The van der Waals surface area contributed by atoms with Crippen LogP contribution in [0.25, 0.3) is 0 Å². The van der Waals surface area contributed by atoms with Gasteiger partial charge in [-0.1, -0.05) is 28.1 Å². The molecule has 0 amide bonds. The Labute approximate surface area is 74.9 Å². The summed E-state index contributed by atoms with van der Waals surface area (Å²) in [6.07, 6.45) is 0. The summed E-state index contributed by atoms with van der Waals surface area (Å²) in [5.74, 6) is 5.28. The molecule has 0 heterocycles. The highest BCUT2D eigenvalue weighted by atomic mass is 79.9. The van der Waals surface area contributed by atoms with Crippen LogP contribution in [0.1, 0.15) is 18.5 Å². The van der Waals surface area contributed by atoms with Crippen LogP contribution < -0.4 is 11.3 Å². The largest absolute Gasteiger partial charge is 0.271 e. The standard InChI is InChI=1S/C8H11BrN2/c1-6(11-10)7-2-4-8(9)5-3-7/h2-6,11H,10H2,1H3. The van der Waals surface area contributed by atoms with Gasteiger partial charge in [0, 0.05) is 10.5 Å². The first kappa shape index (κ1) is 8.71. The van der Waals surface area contributed by atoms with Gasteiger partial charge in [-0.05, 0) is 24.6 Å². The zero-order valence-electron chi connectivity index (χ0n) is 6.34. The topological polar surface area (TPSA) is 38.0 Å². The molecule has 0 bridgehead atoms. The zero-order valence-corrected chi connectivity index (χ0v) is 7.93. The second-order valence-corrected chi connectivity index (χ2v) is 3.36. The summed E-state index contributed by atoms with van der Waals surface area (Å²) in [6, 6.07) is 8.29. The molecule has 1 unspecified atom stereocenters. The summed E-state index contributed by atoms with van der Waals surface area (Å²) in [6.45, 7) is 2.02. The second kappa shape index (κ2) is 3.85. The van der Waals surface area contributed by atoms with E-state index < -0.39 is 0 Å². The van der Waals surface area contributed by atoms with E-state index >= 15 is 0 Å². The van der Waals surface area contributed by atoms with Crippen LogP contribution in [0.3, 0.4) is 0 Å². The van der Waals surface area contributed by atoms with E-state index in [4.69, 9.17) is 5.84 Å². The molecule has 0 spiro atoms. The number of nitrogens with one attached hydrogen (secondary N) is 1. The van der Waals surface area contributed by atoms with Crippen molar-refractivity contribution in [2.45, 2.75) is 13.0 Å². The molecule has 0 aliphatic heterocycles. The van der Waals surface area contributed by atoms with E-state index in [0.717, 1.165) is 4.47 Å². The molecule has 0 radical (unpaired) electrons. The highest BCUT2D eigenvalue weighted by Gasteiger charge is 2.00. The molecule has 0 aliphatic rings. The minimum atomic E-state index is 0.211. The zero-order chi connectivity index (χ0) is 8.27. The average Bonchev–Trinajstić information content (AvgIpc) is 2.05. The maximum absolute atomic E-state index is 5.28. The molecule has 11 heavy (non-hydrogen) atoms. The van der Waals surface area contributed by atoms with Gasteiger partial charge >= 0.3 is 0 Å². The molecule has 60 valence electrons. The average molecular weight is 215 g/mol. The van der Waals surface area contributed by atoms with Crippen LogP contribution in [0.4, 0.5) is 0 Å². The Hall–Kier alpha value is -0.380. The summed E-state index contributed by atoms with van der Waals surface area (Å²) in [4.78, 5) is 0.